The first kappa shape index (κ1) is 14.6. The highest BCUT2D eigenvalue weighted by molar-refractivity contribution is 6.18. The third kappa shape index (κ3) is 6.60. The standard InChI is InChI=1S/C9H15ClF3NO/c1-3-8(2,6-10)14-7(15)4-5-9(11,12)13/h3-6H2,1-2H3,(H,14,15). The van der Waals surface area contributed by atoms with Gasteiger partial charge in [0.2, 0.25) is 5.91 Å². The van der Waals surface area contributed by atoms with Crippen molar-refractivity contribution in [2.24, 2.45) is 0 Å². The molecule has 0 heterocycles. The lowest BCUT2D eigenvalue weighted by Gasteiger charge is -2.27. The Morgan fingerprint density at radius 2 is 1.93 bits per heavy atom. The Morgan fingerprint density at radius 1 is 1.40 bits per heavy atom. The molecule has 0 saturated heterocycles. The molecule has 0 aliphatic carbocycles. The van der Waals surface area contributed by atoms with Gasteiger partial charge in [0.25, 0.3) is 0 Å². The largest absolute Gasteiger partial charge is 0.389 e. The van der Waals surface area contributed by atoms with Crippen molar-refractivity contribution in [2.75, 3.05) is 5.88 Å². The SMILES string of the molecule is CCC(C)(CCl)NC(=O)CCC(F)(F)F. The van der Waals surface area contributed by atoms with Gasteiger partial charge >= 0.3 is 6.18 Å². The molecular formula is C9H15ClF3NO. The maximum atomic E-state index is 11.8. The summed E-state index contributed by atoms with van der Waals surface area (Å²) in [4.78, 5) is 11.2. The first-order chi connectivity index (χ1) is 6.72. The van der Waals surface area contributed by atoms with E-state index in [0.717, 1.165) is 0 Å². The van der Waals surface area contributed by atoms with Crippen molar-refractivity contribution in [1.82, 2.24) is 5.32 Å². The van der Waals surface area contributed by atoms with Crippen LogP contribution in [0, 0.1) is 0 Å². The number of carbonyl (C=O) groups is 1. The summed E-state index contributed by atoms with van der Waals surface area (Å²) in [6.07, 6.45) is -5.36. The molecule has 0 saturated carbocycles. The number of carbonyl (C=O) groups excluding carboxylic acids is 1. The van der Waals surface area contributed by atoms with Crippen LogP contribution in [0.5, 0.6) is 0 Å². The fourth-order valence-electron chi connectivity index (χ4n) is 0.871. The van der Waals surface area contributed by atoms with Crippen LogP contribution in [0.4, 0.5) is 13.2 Å². The minimum absolute atomic E-state index is 0.182. The van der Waals surface area contributed by atoms with E-state index < -0.39 is 30.5 Å². The molecule has 0 fully saturated rings. The van der Waals surface area contributed by atoms with Crippen molar-refractivity contribution in [3.63, 3.8) is 0 Å². The molecule has 1 N–H and O–H groups in total. The highest BCUT2D eigenvalue weighted by Gasteiger charge is 2.29. The number of rotatable bonds is 5. The molecule has 1 atom stereocenters. The van der Waals surface area contributed by atoms with Crippen molar-refractivity contribution in [2.45, 2.75) is 44.8 Å². The highest BCUT2D eigenvalue weighted by Crippen LogP contribution is 2.21. The fraction of sp³-hybridized carbons (Fsp3) is 0.889. The molecular weight excluding hydrogens is 231 g/mol. The smallest absolute Gasteiger partial charge is 0.350 e. The van der Waals surface area contributed by atoms with Crippen molar-refractivity contribution in [3.05, 3.63) is 0 Å². The summed E-state index contributed by atoms with van der Waals surface area (Å²) in [7, 11) is 0. The maximum Gasteiger partial charge on any atom is 0.389 e. The predicted octanol–water partition coefficient (Wildman–Crippen LogP) is 2.85. The Bertz CT molecular complexity index is 214. The normalized spacial score (nSPS) is 15.9. The molecule has 1 amide bonds. The molecule has 0 aromatic rings. The summed E-state index contributed by atoms with van der Waals surface area (Å²) in [5, 5.41) is 2.49. The van der Waals surface area contributed by atoms with Crippen LogP contribution in [-0.2, 0) is 4.79 Å². The first-order valence-electron chi connectivity index (χ1n) is 4.66. The fourth-order valence-corrected chi connectivity index (χ4v) is 1.13. The van der Waals surface area contributed by atoms with Crippen LogP contribution in [0.25, 0.3) is 0 Å². The zero-order valence-electron chi connectivity index (χ0n) is 8.75. The van der Waals surface area contributed by atoms with Crippen molar-refractivity contribution in [3.8, 4) is 0 Å². The summed E-state index contributed by atoms with van der Waals surface area (Å²) >= 11 is 5.61. The molecule has 0 radical (unpaired) electrons. The van der Waals surface area contributed by atoms with E-state index in [-0.39, 0.29) is 5.88 Å². The van der Waals surface area contributed by atoms with Crippen molar-refractivity contribution >= 4 is 17.5 Å². The van der Waals surface area contributed by atoms with E-state index in [9.17, 15) is 18.0 Å². The monoisotopic (exact) mass is 245 g/mol. The Morgan fingerprint density at radius 3 is 2.27 bits per heavy atom. The number of nitrogens with one attached hydrogen (secondary N) is 1. The van der Waals surface area contributed by atoms with E-state index in [2.05, 4.69) is 5.32 Å². The molecule has 0 aromatic heterocycles. The van der Waals surface area contributed by atoms with Gasteiger partial charge in [0.15, 0.2) is 0 Å². The first-order valence-corrected chi connectivity index (χ1v) is 5.19. The van der Waals surface area contributed by atoms with Gasteiger partial charge in [-0.2, -0.15) is 13.2 Å². The predicted molar refractivity (Wildman–Crippen MR) is 52.8 cm³/mol. The number of alkyl halides is 4. The molecule has 2 nitrogen and oxygen atoms in total. The van der Waals surface area contributed by atoms with Crippen LogP contribution in [0.2, 0.25) is 0 Å². The molecule has 1 unspecified atom stereocenters. The third-order valence-electron chi connectivity index (χ3n) is 2.15. The zero-order chi connectivity index (χ0) is 12.1. The van der Waals surface area contributed by atoms with Crippen LogP contribution >= 0.6 is 11.6 Å². The third-order valence-corrected chi connectivity index (χ3v) is 2.74. The van der Waals surface area contributed by atoms with Crippen molar-refractivity contribution in [1.29, 1.82) is 0 Å². The number of halogens is 4. The minimum atomic E-state index is -4.29. The summed E-state index contributed by atoms with van der Waals surface area (Å²) in [5.41, 5.74) is -0.621. The topological polar surface area (TPSA) is 29.1 Å². The summed E-state index contributed by atoms with van der Waals surface area (Å²) in [5.74, 6) is -0.432. The molecule has 6 heteroatoms. The van der Waals surface area contributed by atoms with Crippen LogP contribution in [-0.4, -0.2) is 23.5 Å². The molecule has 0 aliphatic heterocycles. The quantitative estimate of drug-likeness (QED) is 0.742. The zero-order valence-corrected chi connectivity index (χ0v) is 9.50. The number of amides is 1. The van der Waals surface area contributed by atoms with Gasteiger partial charge in [0, 0.05) is 12.3 Å². The maximum absolute atomic E-state index is 11.8. The molecule has 90 valence electrons. The van der Waals surface area contributed by atoms with Gasteiger partial charge in [-0.25, -0.2) is 0 Å². The molecule has 0 aliphatic rings. The Hall–Kier alpha value is -0.450. The summed E-state index contributed by atoms with van der Waals surface area (Å²) in [6, 6.07) is 0. The lowest BCUT2D eigenvalue weighted by Crippen LogP contribution is -2.47. The molecule has 0 bridgehead atoms. The molecule has 0 rings (SSSR count). The molecule has 0 spiro atoms. The van der Waals surface area contributed by atoms with Crippen LogP contribution < -0.4 is 5.32 Å². The second-order valence-electron chi connectivity index (χ2n) is 3.71. The summed E-state index contributed by atoms with van der Waals surface area (Å²) < 4.78 is 35.4. The van der Waals surface area contributed by atoms with E-state index >= 15 is 0 Å². The Labute approximate surface area is 92.2 Å². The van der Waals surface area contributed by atoms with Crippen molar-refractivity contribution < 1.29 is 18.0 Å². The minimum Gasteiger partial charge on any atom is -0.350 e. The van der Waals surface area contributed by atoms with Gasteiger partial charge in [-0.3, -0.25) is 4.79 Å². The summed E-state index contributed by atoms with van der Waals surface area (Å²) in [6.45, 7) is 3.51. The van der Waals surface area contributed by atoms with Crippen LogP contribution in [0.3, 0.4) is 0 Å². The van der Waals surface area contributed by atoms with E-state index in [4.69, 9.17) is 11.6 Å². The highest BCUT2D eigenvalue weighted by atomic mass is 35.5. The van der Waals surface area contributed by atoms with Gasteiger partial charge in [0.1, 0.15) is 0 Å². The Kier molecular flexibility index (Phi) is 5.42. The van der Waals surface area contributed by atoms with Crippen LogP contribution in [0.15, 0.2) is 0 Å². The van der Waals surface area contributed by atoms with Gasteiger partial charge in [-0.1, -0.05) is 6.92 Å². The second kappa shape index (κ2) is 5.58. The Balaban J connectivity index is 4.04. The number of hydrogen-bond acceptors (Lipinski definition) is 1. The van der Waals surface area contributed by atoms with E-state index in [0.29, 0.717) is 6.42 Å². The molecule has 0 aromatic carbocycles. The van der Waals surface area contributed by atoms with E-state index in [1.165, 1.54) is 0 Å². The number of hydrogen-bond donors (Lipinski definition) is 1. The van der Waals surface area contributed by atoms with Gasteiger partial charge < -0.3 is 5.32 Å². The van der Waals surface area contributed by atoms with Gasteiger partial charge in [-0.15, -0.1) is 11.6 Å². The van der Waals surface area contributed by atoms with E-state index in [1.54, 1.807) is 6.92 Å². The van der Waals surface area contributed by atoms with Gasteiger partial charge in [0.05, 0.1) is 12.0 Å². The molecule has 15 heavy (non-hydrogen) atoms. The lowest BCUT2D eigenvalue weighted by molar-refractivity contribution is -0.144. The average molecular weight is 246 g/mol. The average Bonchev–Trinajstić information content (AvgIpc) is 2.13. The van der Waals surface area contributed by atoms with Crippen LogP contribution in [0.1, 0.15) is 33.1 Å². The van der Waals surface area contributed by atoms with E-state index in [1.807, 2.05) is 6.92 Å². The second-order valence-corrected chi connectivity index (χ2v) is 3.98. The van der Waals surface area contributed by atoms with Gasteiger partial charge in [-0.05, 0) is 13.3 Å². The lowest BCUT2D eigenvalue weighted by atomic mass is 10.0.